The van der Waals surface area contributed by atoms with Crippen LogP contribution in [-0.2, 0) is 14.8 Å². The Kier molecular flexibility index (Phi) is 7.46. The molecule has 0 atom stereocenters. The van der Waals surface area contributed by atoms with Crippen molar-refractivity contribution in [2.75, 3.05) is 13.7 Å². The molecule has 1 amide bonds. The van der Waals surface area contributed by atoms with Crippen molar-refractivity contribution < 1.29 is 22.7 Å². The van der Waals surface area contributed by atoms with E-state index in [9.17, 15) is 13.2 Å². The van der Waals surface area contributed by atoms with Gasteiger partial charge in [0.2, 0.25) is 21.8 Å². The molecule has 8 nitrogen and oxygen atoms in total. The average molecular weight is 539 g/mol. The van der Waals surface area contributed by atoms with Crippen LogP contribution in [0.1, 0.15) is 19.3 Å². The number of nitrogens with zero attached hydrogens (tertiary/aromatic N) is 1. The minimum absolute atomic E-state index is 0.0118. The van der Waals surface area contributed by atoms with E-state index in [1.165, 1.54) is 19.4 Å². The maximum absolute atomic E-state index is 12.8. The molecule has 30 heavy (non-hydrogen) atoms. The number of hydrogen-bond acceptors (Lipinski definition) is 6. The number of methoxy groups -OCH3 is 1. The molecular weight excluding hydrogens is 521 g/mol. The molecule has 1 aliphatic carbocycles. The number of amides is 1. The van der Waals surface area contributed by atoms with Crippen molar-refractivity contribution in [3.8, 4) is 17.4 Å². The van der Waals surface area contributed by atoms with Gasteiger partial charge in [0.15, 0.2) is 11.5 Å². The summed E-state index contributed by atoms with van der Waals surface area (Å²) in [5.41, 5.74) is 0. The number of hydrogen-bond donors (Lipinski definition) is 2. The van der Waals surface area contributed by atoms with Gasteiger partial charge in [-0.15, -0.1) is 0 Å². The maximum Gasteiger partial charge on any atom is 0.244 e. The summed E-state index contributed by atoms with van der Waals surface area (Å²) in [4.78, 5) is 15.7. The Morgan fingerprint density at radius 2 is 1.93 bits per heavy atom. The van der Waals surface area contributed by atoms with Crippen LogP contribution >= 0.6 is 39.1 Å². The van der Waals surface area contributed by atoms with E-state index >= 15 is 0 Å². The molecule has 2 aromatic rings. The Morgan fingerprint density at radius 1 is 1.27 bits per heavy atom. The standard InChI is InChI=1S/C18H18BrCl2N3O5S/c1-28-14-8-22-17(29-18-12(20)5-10(19)6-13(18)21)7-15(14)30(26,27)23-9-16(25)24-11-3-2-4-11/h5-8,11,23H,2-4,9H2,1H3,(H,24,25). The molecule has 1 heterocycles. The first-order valence-electron chi connectivity index (χ1n) is 8.85. The van der Waals surface area contributed by atoms with Crippen LogP contribution in [0.2, 0.25) is 10.0 Å². The molecule has 1 fully saturated rings. The van der Waals surface area contributed by atoms with Crippen molar-refractivity contribution in [2.24, 2.45) is 0 Å². The fourth-order valence-electron chi connectivity index (χ4n) is 2.63. The third-order valence-electron chi connectivity index (χ3n) is 4.38. The highest BCUT2D eigenvalue weighted by Crippen LogP contribution is 2.39. The number of halogens is 3. The summed E-state index contributed by atoms with van der Waals surface area (Å²) >= 11 is 15.6. The molecule has 0 spiro atoms. The summed E-state index contributed by atoms with van der Waals surface area (Å²) in [6.07, 6.45) is 4.05. The van der Waals surface area contributed by atoms with Crippen LogP contribution in [-0.4, -0.2) is 39.0 Å². The van der Waals surface area contributed by atoms with Crippen molar-refractivity contribution in [2.45, 2.75) is 30.2 Å². The SMILES string of the molecule is COc1cnc(Oc2c(Cl)cc(Br)cc2Cl)cc1S(=O)(=O)NCC(=O)NC1CCC1. The van der Waals surface area contributed by atoms with Crippen molar-refractivity contribution in [3.63, 3.8) is 0 Å². The molecule has 3 rings (SSSR count). The summed E-state index contributed by atoms with van der Waals surface area (Å²) in [6.45, 7) is -0.398. The first kappa shape index (κ1) is 23.1. The van der Waals surface area contributed by atoms with Gasteiger partial charge in [0.1, 0.15) is 4.90 Å². The van der Waals surface area contributed by atoms with E-state index in [0.717, 1.165) is 19.3 Å². The van der Waals surface area contributed by atoms with Gasteiger partial charge in [-0.1, -0.05) is 39.1 Å². The lowest BCUT2D eigenvalue weighted by atomic mass is 9.93. The lowest BCUT2D eigenvalue weighted by Crippen LogP contribution is -2.44. The van der Waals surface area contributed by atoms with E-state index in [1.54, 1.807) is 12.1 Å². The predicted molar refractivity (Wildman–Crippen MR) is 116 cm³/mol. The molecule has 0 radical (unpaired) electrons. The van der Waals surface area contributed by atoms with E-state index in [1.807, 2.05) is 0 Å². The molecular formula is C18H18BrCl2N3O5S. The number of carbonyl (C=O) groups is 1. The van der Waals surface area contributed by atoms with Gasteiger partial charge >= 0.3 is 0 Å². The Morgan fingerprint density at radius 3 is 2.50 bits per heavy atom. The Balaban J connectivity index is 1.80. The van der Waals surface area contributed by atoms with Gasteiger partial charge in [-0.2, -0.15) is 0 Å². The molecule has 1 saturated carbocycles. The van der Waals surface area contributed by atoms with E-state index in [-0.39, 0.29) is 38.4 Å². The van der Waals surface area contributed by atoms with Crippen LogP contribution in [0.5, 0.6) is 17.4 Å². The molecule has 1 aliphatic rings. The number of sulfonamides is 1. The van der Waals surface area contributed by atoms with Gasteiger partial charge in [-0.05, 0) is 31.4 Å². The number of nitrogens with one attached hydrogen (secondary N) is 2. The second kappa shape index (κ2) is 9.69. The van der Waals surface area contributed by atoms with E-state index in [4.69, 9.17) is 32.7 Å². The minimum Gasteiger partial charge on any atom is -0.494 e. The van der Waals surface area contributed by atoms with E-state index in [2.05, 4.69) is 31.0 Å². The third-order valence-corrected chi connectivity index (χ3v) is 6.82. The number of carbonyl (C=O) groups excluding carboxylic acids is 1. The Bertz CT molecular complexity index is 1040. The van der Waals surface area contributed by atoms with Crippen LogP contribution < -0.4 is 19.5 Å². The van der Waals surface area contributed by atoms with E-state index in [0.29, 0.717) is 4.47 Å². The van der Waals surface area contributed by atoms with Gasteiger partial charge < -0.3 is 14.8 Å². The highest BCUT2D eigenvalue weighted by molar-refractivity contribution is 9.10. The van der Waals surface area contributed by atoms with Crippen LogP contribution in [0, 0.1) is 0 Å². The number of ether oxygens (including phenoxy) is 2. The van der Waals surface area contributed by atoms with Crippen molar-refractivity contribution in [1.82, 2.24) is 15.0 Å². The van der Waals surface area contributed by atoms with Crippen LogP contribution in [0.15, 0.2) is 33.8 Å². The molecule has 1 aromatic heterocycles. The van der Waals surface area contributed by atoms with Crippen LogP contribution in [0.3, 0.4) is 0 Å². The number of pyridine rings is 1. The minimum atomic E-state index is -4.09. The van der Waals surface area contributed by atoms with E-state index < -0.39 is 22.5 Å². The van der Waals surface area contributed by atoms with Gasteiger partial charge in [0.25, 0.3) is 0 Å². The predicted octanol–water partition coefficient (Wildman–Crippen LogP) is 3.90. The summed E-state index contributed by atoms with van der Waals surface area (Å²) in [5.74, 6) is -0.361. The monoisotopic (exact) mass is 537 g/mol. The maximum atomic E-state index is 12.8. The topological polar surface area (TPSA) is 107 Å². The second-order valence-electron chi connectivity index (χ2n) is 6.49. The molecule has 162 valence electrons. The average Bonchev–Trinajstić information content (AvgIpc) is 2.66. The Labute approximate surface area is 192 Å². The smallest absolute Gasteiger partial charge is 0.244 e. The summed E-state index contributed by atoms with van der Waals surface area (Å²) in [6, 6.07) is 4.43. The second-order valence-corrected chi connectivity index (χ2v) is 9.96. The number of rotatable bonds is 8. The number of aromatic nitrogens is 1. The molecule has 12 heteroatoms. The van der Waals surface area contributed by atoms with Crippen molar-refractivity contribution in [1.29, 1.82) is 0 Å². The lowest BCUT2D eigenvalue weighted by molar-refractivity contribution is -0.121. The quantitative estimate of drug-likeness (QED) is 0.528. The first-order valence-corrected chi connectivity index (χ1v) is 11.9. The highest BCUT2D eigenvalue weighted by atomic mass is 79.9. The molecule has 2 N–H and O–H groups in total. The zero-order valence-electron chi connectivity index (χ0n) is 15.7. The zero-order valence-corrected chi connectivity index (χ0v) is 19.7. The molecule has 0 saturated heterocycles. The zero-order chi connectivity index (χ0) is 21.9. The van der Waals surface area contributed by atoms with Crippen LogP contribution in [0.25, 0.3) is 0 Å². The van der Waals surface area contributed by atoms with Gasteiger partial charge in [-0.25, -0.2) is 18.1 Å². The van der Waals surface area contributed by atoms with Gasteiger partial charge in [-0.3, -0.25) is 4.79 Å². The van der Waals surface area contributed by atoms with Crippen molar-refractivity contribution >= 4 is 55.1 Å². The Hall–Kier alpha value is -1.59. The molecule has 1 aromatic carbocycles. The van der Waals surface area contributed by atoms with Crippen molar-refractivity contribution in [3.05, 3.63) is 38.9 Å². The first-order chi connectivity index (χ1) is 14.2. The van der Waals surface area contributed by atoms with Gasteiger partial charge in [0, 0.05) is 16.6 Å². The number of benzene rings is 1. The third kappa shape index (κ3) is 5.55. The fraction of sp³-hybridized carbons (Fsp3) is 0.333. The lowest BCUT2D eigenvalue weighted by Gasteiger charge is -2.26. The largest absolute Gasteiger partial charge is 0.494 e. The summed E-state index contributed by atoms with van der Waals surface area (Å²) in [7, 11) is -2.79. The summed E-state index contributed by atoms with van der Waals surface area (Å²) in [5, 5.41) is 3.18. The van der Waals surface area contributed by atoms with Crippen LogP contribution in [0.4, 0.5) is 0 Å². The normalized spacial score (nSPS) is 14.1. The fourth-order valence-corrected chi connectivity index (χ4v) is 5.05. The highest BCUT2D eigenvalue weighted by Gasteiger charge is 2.24. The molecule has 0 bridgehead atoms. The van der Waals surface area contributed by atoms with Gasteiger partial charge in [0.05, 0.1) is 29.9 Å². The molecule has 0 aliphatic heterocycles. The molecule has 0 unspecified atom stereocenters. The summed E-state index contributed by atoms with van der Waals surface area (Å²) < 4.78 is 39.1.